The number of nitriles is 1. The number of aromatic nitrogens is 1. The first kappa shape index (κ1) is 12.8. The maximum Gasteiger partial charge on any atom is 0.252 e. The minimum Gasteiger partial charge on any atom is -0.397 e. The summed E-state index contributed by atoms with van der Waals surface area (Å²) in [5.41, 5.74) is 11.5. The van der Waals surface area contributed by atoms with E-state index in [1.54, 1.807) is 0 Å². The number of anilines is 2. The molecular formula is C11H15N5O. The number of primary amides is 1. The van der Waals surface area contributed by atoms with Crippen molar-refractivity contribution in [1.29, 1.82) is 5.26 Å². The molecule has 90 valence electrons. The Morgan fingerprint density at radius 2 is 2.35 bits per heavy atom. The molecule has 4 N–H and O–H groups in total. The molecule has 0 radical (unpaired) electrons. The molecule has 0 fully saturated rings. The first-order chi connectivity index (χ1) is 8.10. The number of amides is 1. The number of rotatable bonds is 5. The van der Waals surface area contributed by atoms with Gasteiger partial charge in [0.15, 0.2) is 0 Å². The molecular weight excluding hydrogens is 218 g/mol. The van der Waals surface area contributed by atoms with Crippen LogP contribution in [0.4, 0.5) is 11.5 Å². The highest BCUT2D eigenvalue weighted by Crippen LogP contribution is 2.19. The van der Waals surface area contributed by atoms with E-state index >= 15 is 0 Å². The third-order valence-electron chi connectivity index (χ3n) is 2.33. The summed E-state index contributed by atoms with van der Waals surface area (Å²) in [5, 5.41) is 8.57. The summed E-state index contributed by atoms with van der Waals surface area (Å²) < 4.78 is 0. The summed E-state index contributed by atoms with van der Waals surface area (Å²) in [4.78, 5) is 17.2. The van der Waals surface area contributed by atoms with Crippen LogP contribution < -0.4 is 16.4 Å². The zero-order valence-electron chi connectivity index (χ0n) is 9.68. The van der Waals surface area contributed by atoms with Crippen molar-refractivity contribution in [2.75, 3.05) is 23.7 Å². The highest BCUT2D eigenvalue weighted by molar-refractivity contribution is 5.98. The topological polar surface area (TPSA) is 109 Å². The van der Waals surface area contributed by atoms with Crippen LogP contribution in [0.1, 0.15) is 23.7 Å². The van der Waals surface area contributed by atoms with E-state index in [4.69, 9.17) is 16.7 Å². The van der Waals surface area contributed by atoms with Crippen molar-refractivity contribution < 1.29 is 4.79 Å². The number of hydrogen-bond acceptors (Lipinski definition) is 5. The van der Waals surface area contributed by atoms with Crippen molar-refractivity contribution in [3.63, 3.8) is 0 Å². The molecule has 0 aliphatic carbocycles. The van der Waals surface area contributed by atoms with Gasteiger partial charge in [-0.15, -0.1) is 0 Å². The van der Waals surface area contributed by atoms with Crippen LogP contribution in [0, 0.1) is 11.3 Å². The Hall–Kier alpha value is -2.29. The largest absolute Gasteiger partial charge is 0.397 e. The zero-order valence-corrected chi connectivity index (χ0v) is 9.68. The summed E-state index contributed by atoms with van der Waals surface area (Å²) in [6.45, 7) is 3.06. The van der Waals surface area contributed by atoms with Gasteiger partial charge >= 0.3 is 0 Å². The number of carbonyl (C=O) groups excluding carboxylic acids is 1. The SMILES string of the molecule is CCN(CCC#N)c1ncc(N)cc1C(N)=O. The molecule has 0 unspecified atom stereocenters. The van der Waals surface area contributed by atoms with Crippen molar-refractivity contribution in [3.05, 3.63) is 17.8 Å². The van der Waals surface area contributed by atoms with Crippen LogP contribution in [0.2, 0.25) is 0 Å². The smallest absolute Gasteiger partial charge is 0.252 e. The fourth-order valence-electron chi connectivity index (χ4n) is 1.51. The van der Waals surface area contributed by atoms with E-state index < -0.39 is 5.91 Å². The second kappa shape index (κ2) is 5.70. The Morgan fingerprint density at radius 1 is 1.65 bits per heavy atom. The van der Waals surface area contributed by atoms with Crippen LogP contribution in [0.5, 0.6) is 0 Å². The van der Waals surface area contributed by atoms with Gasteiger partial charge in [-0.05, 0) is 13.0 Å². The molecule has 1 aromatic heterocycles. The van der Waals surface area contributed by atoms with E-state index in [1.165, 1.54) is 12.3 Å². The van der Waals surface area contributed by atoms with Gasteiger partial charge in [0.2, 0.25) is 0 Å². The molecule has 0 saturated heterocycles. The molecule has 0 aliphatic heterocycles. The fourth-order valence-corrected chi connectivity index (χ4v) is 1.51. The van der Waals surface area contributed by atoms with Crippen molar-refractivity contribution in [1.82, 2.24) is 4.98 Å². The predicted octanol–water partition coefficient (Wildman–Crippen LogP) is 0.503. The predicted molar refractivity (Wildman–Crippen MR) is 65.3 cm³/mol. The van der Waals surface area contributed by atoms with Gasteiger partial charge in [-0.1, -0.05) is 0 Å². The van der Waals surface area contributed by atoms with Gasteiger partial charge in [0.1, 0.15) is 5.82 Å². The number of nitrogen functional groups attached to an aromatic ring is 1. The van der Waals surface area contributed by atoms with Gasteiger partial charge in [0.05, 0.1) is 29.9 Å². The first-order valence-electron chi connectivity index (χ1n) is 5.27. The molecule has 1 rings (SSSR count). The van der Waals surface area contributed by atoms with Gasteiger partial charge in [-0.25, -0.2) is 4.98 Å². The van der Waals surface area contributed by atoms with E-state index in [0.29, 0.717) is 31.0 Å². The molecule has 0 atom stereocenters. The van der Waals surface area contributed by atoms with Gasteiger partial charge < -0.3 is 16.4 Å². The van der Waals surface area contributed by atoms with Crippen LogP contribution >= 0.6 is 0 Å². The Labute approximate surface area is 99.8 Å². The van der Waals surface area contributed by atoms with Crippen LogP contribution in [0.25, 0.3) is 0 Å². The third kappa shape index (κ3) is 3.08. The van der Waals surface area contributed by atoms with Gasteiger partial charge in [-0.3, -0.25) is 4.79 Å². The van der Waals surface area contributed by atoms with Gasteiger partial charge in [0.25, 0.3) is 5.91 Å². The molecule has 1 amide bonds. The van der Waals surface area contributed by atoms with Gasteiger partial charge in [-0.2, -0.15) is 5.26 Å². The van der Waals surface area contributed by atoms with Gasteiger partial charge in [0, 0.05) is 13.1 Å². The van der Waals surface area contributed by atoms with E-state index in [-0.39, 0.29) is 5.56 Å². The minimum absolute atomic E-state index is 0.282. The van der Waals surface area contributed by atoms with Crippen LogP contribution in [-0.4, -0.2) is 24.0 Å². The van der Waals surface area contributed by atoms with Crippen molar-refractivity contribution in [3.8, 4) is 6.07 Å². The Morgan fingerprint density at radius 3 is 2.88 bits per heavy atom. The monoisotopic (exact) mass is 233 g/mol. The number of pyridine rings is 1. The van der Waals surface area contributed by atoms with E-state index in [1.807, 2.05) is 11.8 Å². The normalized spacial score (nSPS) is 9.65. The molecule has 17 heavy (non-hydrogen) atoms. The van der Waals surface area contributed by atoms with Crippen molar-refractivity contribution >= 4 is 17.4 Å². The minimum atomic E-state index is -0.574. The Balaban J connectivity index is 3.10. The Bertz CT molecular complexity index is 452. The third-order valence-corrected chi connectivity index (χ3v) is 2.33. The molecule has 1 aromatic rings. The average Bonchev–Trinajstić information content (AvgIpc) is 2.31. The Kier molecular flexibility index (Phi) is 4.29. The molecule has 0 bridgehead atoms. The quantitative estimate of drug-likeness (QED) is 0.769. The number of hydrogen-bond donors (Lipinski definition) is 2. The van der Waals surface area contributed by atoms with Crippen LogP contribution in [0.15, 0.2) is 12.3 Å². The van der Waals surface area contributed by atoms with Crippen LogP contribution in [-0.2, 0) is 0 Å². The lowest BCUT2D eigenvalue weighted by Crippen LogP contribution is -2.28. The highest BCUT2D eigenvalue weighted by atomic mass is 16.1. The fraction of sp³-hybridized carbons (Fsp3) is 0.364. The summed E-state index contributed by atoms with van der Waals surface area (Å²) in [5.74, 6) is -0.0975. The summed E-state index contributed by atoms with van der Waals surface area (Å²) in [6, 6.07) is 3.55. The second-order valence-electron chi connectivity index (χ2n) is 3.49. The molecule has 0 aromatic carbocycles. The van der Waals surface area contributed by atoms with Crippen molar-refractivity contribution in [2.45, 2.75) is 13.3 Å². The zero-order chi connectivity index (χ0) is 12.8. The van der Waals surface area contributed by atoms with E-state index in [0.717, 1.165) is 0 Å². The standard InChI is InChI=1S/C11H15N5O/c1-2-16(5-3-4-12)11-9(10(14)17)6-8(13)7-15-11/h6-7H,2-3,5,13H2,1H3,(H2,14,17). The molecule has 0 saturated carbocycles. The lowest BCUT2D eigenvalue weighted by Gasteiger charge is -2.22. The molecule has 6 nitrogen and oxygen atoms in total. The molecule has 6 heteroatoms. The highest BCUT2D eigenvalue weighted by Gasteiger charge is 2.15. The van der Waals surface area contributed by atoms with E-state index in [2.05, 4.69) is 11.1 Å². The lowest BCUT2D eigenvalue weighted by atomic mass is 10.2. The number of carbonyl (C=O) groups is 1. The lowest BCUT2D eigenvalue weighted by molar-refractivity contribution is 0.100. The maximum absolute atomic E-state index is 11.3. The first-order valence-corrected chi connectivity index (χ1v) is 5.27. The number of nitrogens with zero attached hydrogens (tertiary/aromatic N) is 3. The van der Waals surface area contributed by atoms with Crippen molar-refractivity contribution in [2.24, 2.45) is 5.73 Å². The molecule has 0 aliphatic rings. The number of nitrogens with two attached hydrogens (primary N) is 2. The maximum atomic E-state index is 11.3. The second-order valence-corrected chi connectivity index (χ2v) is 3.49. The molecule has 1 heterocycles. The average molecular weight is 233 g/mol. The van der Waals surface area contributed by atoms with E-state index in [9.17, 15) is 4.79 Å². The summed E-state index contributed by atoms with van der Waals surface area (Å²) in [7, 11) is 0. The summed E-state index contributed by atoms with van der Waals surface area (Å²) >= 11 is 0. The van der Waals surface area contributed by atoms with Crippen LogP contribution in [0.3, 0.4) is 0 Å². The summed E-state index contributed by atoms with van der Waals surface area (Å²) in [6.07, 6.45) is 1.83. The molecule has 0 spiro atoms.